The molecule has 8 heteroatoms. The van der Waals surface area contributed by atoms with Crippen LogP contribution in [0.25, 0.3) is 0 Å². The number of amides is 1. The molecular weight excluding hydrogens is 302 g/mol. The van der Waals surface area contributed by atoms with Crippen LogP contribution in [0.15, 0.2) is 0 Å². The molecule has 1 amide bonds. The van der Waals surface area contributed by atoms with E-state index in [2.05, 4.69) is 32.2 Å². The quantitative estimate of drug-likeness (QED) is 0.800. The van der Waals surface area contributed by atoms with Crippen LogP contribution in [-0.2, 0) is 9.53 Å². The second kappa shape index (κ2) is 8.52. The van der Waals surface area contributed by atoms with Gasteiger partial charge in [-0.2, -0.15) is 0 Å². The highest BCUT2D eigenvalue weighted by Gasteiger charge is 2.26. The summed E-state index contributed by atoms with van der Waals surface area (Å²) < 4.78 is 5.17. The number of rotatable bonds is 7. The predicted octanol–water partition coefficient (Wildman–Crippen LogP) is 0.828. The van der Waals surface area contributed by atoms with Crippen molar-refractivity contribution in [3.05, 3.63) is 5.01 Å². The Balaban J connectivity index is 1.80. The highest BCUT2D eigenvalue weighted by molar-refractivity contribution is 7.15. The number of hydrogen-bond donors (Lipinski definition) is 1. The van der Waals surface area contributed by atoms with E-state index in [4.69, 9.17) is 4.74 Å². The molecule has 2 rings (SSSR count). The molecule has 1 aromatic heterocycles. The Kier molecular flexibility index (Phi) is 6.69. The van der Waals surface area contributed by atoms with Gasteiger partial charge in [0, 0.05) is 39.3 Å². The molecule has 0 aliphatic carbocycles. The molecule has 0 saturated carbocycles. The zero-order chi connectivity index (χ0) is 15.9. The van der Waals surface area contributed by atoms with Gasteiger partial charge in [0.15, 0.2) is 0 Å². The summed E-state index contributed by atoms with van der Waals surface area (Å²) in [5.41, 5.74) is 0. The van der Waals surface area contributed by atoms with Crippen LogP contribution in [0.5, 0.6) is 0 Å². The molecule has 1 aliphatic heterocycles. The van der Waals surface area contributed by atoms with E-state index in [0.29, 0.717) is 17.7 Å². The van der Waals surface area contributed by atoms with Crippen molar-refractivity contribution in [3.8, 4) is 0 Å². The number of ether oxygens (including phenoxy) is 1. The van der Waals surface area contributed by atoms with Crippen molar-refractivity contribution in [3.63, 3.8) is 0 Å². The van der Waals surface area contributed by atoms with Gasteiger partial charge in [0.25, 0.3) is 0 Å². The fraction of sp³-hybridized carbons (Fsp3) is 0.786. The van der Waals surface area contributed by atoms with Gasteiger partial charge >= 0.3 is 0 Å². The maximum Gasteiger partial charge on any atom is 0.240 e. The molecule has 0 bridgehead atoms. The summed E-state index contributed by atoms with van der Waals surface area (Å²) in [7, 11) is 1.73. The van der Waals surface area contributed by atoms with Gasteiger partial charge in [-0.15, -0.1) is 10.2 Å². The molecule has 1 aliphatic rings. The van der Waals surface area contributed by atoms with Crippen LogP contribution in [0.4, 0.5) is 5.13 Å². The largest absolute Gasteiger partial charge is 0.383 e. The first-order valence-corrected chi connectivity index (χ1v) is 8.49. The zero-order valence-electron chi connectivity index (χ0n) is 13.5. The summed E-state index contributed by atoms with van der Waals surface area (Å²) in [6, 6.07) is 0.487. The van der Waals surface area contributed by atoms with Crippen LogP contribution in [0.2, 0.25) is 0 Å². The summed E-state index contributed by atoms with van der Waals surface area (Å²) >= 11 is 1.40. The molecule has 1 aromatic rings. The maximum absolute atomic E-state index is 12.1. The smallest absolute Gasteiger partial charge is 0.240 e. The van der Waals surface area contributed by atoms with Crippen LogP contribution in [0, 0.1) is 6.92 Å². The minimum atomic E-state index is -0.0173. The summed E-state index contributed by atoms with van der Waals surface area (Å²) in [6.45, 7) is 8.99. The first-order chi connectivity index (χ1) is 10.6. The summed E-state index contributed by atoms with van der Waals surface area (Å²) in [5.74, 6) is -0.0173. The molecule has 0 spiro atoms. The number of carbonyl (C=O) groups is 1. The topological polar surface area (TPSA) is 70.6 Å². The van der Waals surface area contributed by atoms with Crippen LogP contribution in [-0.4, -0.2) is 78.4 Å². The Morgan fingerprint density at radius 2 is 2.27 bits per heavy atom. The Morgan fingerprint density at radius 1 is 1.45 bits per heavy atom. The summed E-state index contributed by atoms with van der Waals surface area (Å²) in [5, 5.41) is 12.1. The Labute approximate surface area is 135 Å². The van der Waals surface area contributed by atoms with Gasteiger partial charge < -0.3 is 4.74 Å². The Bertz CT molecular complexity index is 482. The summed E-state index contributed by atoms with van der Waals surface area (Å²) in [6.07, 6.45) is 1.08. The molecule has 0 aromatic carbocycles. The molecular formula is C14H25N5O2S. The minimum Gasteiger partial charge on any atom is -0.383 e. The van der Waals surface area contributed by atoms with Gasteiger partial charge in [0.1, 0.15) is 5.01 Å². The van der Waals surface area contributed by atoms with Gasteiger partial charge in [-0.3, -0.25) is 19.9 Å². The van der Waals surface area contributed by atoms with E-state index in [9.17, 15) is 4.79 Å². The maximum atomic E-state index is 12.1. The molecule has 0 unspecified atom stereocenters. The third-order valence-corrected chi connectivity index (χ3v) is 4.64. The number of aromatic nitrogens is 2. The zero-order valence-corrected chi connectivity index (χ0v) is 14.4. The first kappa shape index (κ1) is 17.3. The van der Waals surface area contributed by atoms with Crippen molar-refractivity contribution in [1.29, 1.82) is 0 Å². The van der Waals surface area contributed by atoms with Gasteiger partial charge in [-0.25, -0.2) is 0 Å². The second-order valence-electron chi connectivity index (χ2n) is 5.50. The average Bonchev–Trinajstić information content (AvgIpc) is 2.90. The number of aryl methyl sites for hydroxylation is 1. The number of nitrogens with one attached hydrogen (secondary N) is 1. The number of anilines is 1. The second-order valence-corrected chi connectivity index (χ2v) is 6.68. The van der Waals surface area contributed by atoms with E-state index in [0.717, 1.165) is 44.2 Å². The van der Waals surface area contributed by atoms with Crippen molar-refractivity contribution < 1.29 is 9.53 Å². The van der Waals surface area contributed by atoms with E-state index in [1.54, 1.807) is 7.11 Å². The molecule has 1 fully saturated rings. The van der Waals surface area contributed by atoms with Crippen LogP contribution in [0.1, 0.15) is 18.4 Å². The van der Waals surface area contributed by atoms with Crippen molar-refractivity contribution in [2.24, 2.45) is 0 Å². The Hall–Kier alpha value is -1.09. The molecule has 7 nitrogen and oxygen atoms in total. The monoisotopic (exact) mass is 327 g/mol. The van der Waals surface area contributed by atoms with Gasteiger partial charge in [0.05, 0.1) is 13.2 Å². The lowest BCUT2D eigenvalue weighted by Crippen LogP contribution is -2.54. The summed E-state index contributed by atoms with van der Waals surface area (Å²) in [4.78, 5) is 16.8. The van der Waals surface area contributed by atoms with Crippen molar-refractivity contribution in [2.45, 2.75) is 26.3 Å². The first-order valence-electron chi connectivity index (χ1n) is 7.67. The molecule has 124 valence electrons. The molecule has 22 heavy (non-hydrogen) atoms. The lowest BCUT2D eigenvalue weighted by molar-refractivity contribution is -0.118. The van der Waals surface area contributed by atoms with Crippen LogP contribution >= 0.6 is 11.3 Å². The SMILES string of the molecule is CC[C@H]1CN(CC(=O)Nc2nnc(C)s2)CCN1CCOC. The normalized spacial score (nSPS) is 20.2. The number of piperazine rings is 1. The third kappa shape index (κ3) is 4.98. The number of methoxy groups -OCH3 is 1. The standard InChI is InChI=1S/C14H25N5O2S/c1-4-12-9-18(5-6-19(12)7-8-21-3)10-13(20)15-14-17-16-11(2)22-14/h12H,4-10H2,1-3H3,(H,15,17,20)/t12-/m0/s1. The Morgan fingerprint density at radius 3 is 2.91 bits per heavy atom. The van der Waals surface area contributed by atoms with E-state index < -0.39 is 0 Å². The van der Waals surface area contributed by atoms with E-state index >= 15 is 0 Å². The lowest BCUT2D eigenvalue weighted by atomic mass is 10.1. The van der Waals surface area contributed by atoms with Crippen LogP contribution < -0.4 is 5.32 Å². The minimum absolute atomic E-state index is 0.0173. The fourth-order valence-corrected chi connectivity index (χ4v) is 3.31. The van der Waals surface area contributed by atoms with Gasteiger partial charge in [-0.05, 0) is 13.3 Å². The predicted molar refractivity (Wildman–Crippen MR) is 87.2 cm³/mol. The van der Waals surface area contributed by atoms with Crippen LogP contribution in [0.3, 0.4) is 0 Å². The molecule has 1 N–H and O–H groups in total. The van der Waals surface area contributed by atoms with Crippen molar-refractivity contribution in [1.82, 2.24) is 20.0 Å². The van der Waals surface area contributed by atoms with E-state index in [1.165, 1.54) is 11.3 Å². The molecule has 2 heterocycles. The number of carbonyl (C=O) groups excluding carboxylic acids is 1. The molecule has 0 radical (unpaired) electrons. The highest BCUT2D eigenvalue weighted by Crippen LogP contribution is 2.15. The van der Waals surface area contributed by atoms with E-state index in [-0.39, 0.29) is 5.91 Å². The third-order valence-electron chi connectivity index (χ3n) is 3.88. The number of hydrogen-bond acceptors (Lipinski definition) is 7. The van der Waals surface area contributed by atoms with Crippen molar-refractivity contribution in [2.75, 3.05) is 51.8 Å². The lowest BCUT2D eigenvalue weighted by Gasteiger charge is -2.40. The fourth-order valence-electron chi connectivity index (χ4n) is 2.70. The molecule has 1 atom stereocenters. The van der Waals surface area contributed by atoms with E-state index in [1.807, 2.05) is 6.92 Å². The van der Waals surface area contributed by atoms with Crippen molar-refractivity contribution >= 4 is 22.4 Å². The average molecular weight is 327 g/mol. The molecule has 1 saturated heterocycles. The van der Waals surface area contributed by atoms with Gasteiger partial charge in [0.2, 0.25) is 11.0 Å². The number of nitrogens with zero attached hydrogens (tertiary/aromatic N) is 4. The highest BCUT2D eigenvalue weighted by atomic mass is 32.1. The van der Waals surface area contributed by atoms with Gasteiger partial charge in [-0.1, -0.05) is 18.3 Å².